The van der Waals surface area contributed by atoms with Gasteiger partial charge < -0.3 is 11.1 Å². The van der Waals surface area contributed by atoms with Crippen molar-refractivity contribution in [2.45, 2.75) is 31.6 Å². The van der Waals surface area contributed by atoms with E-state index in [9.17, 15) is 14.0 Å². The first kappa shape index (κ1) is 20.9. The highest BCUT2D eigenvalue weighted by Gasteiger charge is 2.27. The summed E-state index contributed by atoms with van der Waals surface area (Å²) in [7, 11) is 0. The molecule has 0 bridgehead atoms. The number of thiazole rings is 1. The van der Waals surface area contributed by atoms with Crippen molar-refractivity contribution in [2.75, 3.05) is 5.32 Å². The topological polar surface area (TPSA) is 85.1 Å². The van der Waals surface area contributed by atoms with Gasteiger partial charge in [0.1, 0.15) is 5.82 Å². The van der Waals surface area contributed by atoms with E-state index in [4.69, 9.17) is 5.73 Å². The number of nitrogens with one attached hydrogen (secondary N) is 1. The van der Waals surface area contributed by atoms with Crippen LogP contribution in [0.5, 0.6) is 0 Å². The number of nitrogens with two attached hydrogens (primary N) is 1. The number of primary amides is 1. The van der Waals surface area contributed by atoms with Crippen molar-refractivity contribution >= 4 is 33.9 Å². The lowest BCUT2D eigenvalue weighted by Crippen LogP contribution is -2.19. The van der Waals surface area contributed by atoms with Gasteiger partial charge in [-0.1, -0.05) is 43.0 Å². The predicted molar refractivity (Wildman–Crippen MR) is 121 cm³/mol. The molecule has 31 heavy (non-hydrogen) atoms. The maximum absolute atomic E-state index is 14.6. The molecule has 158 valence electrons. The third-order valence-electron chi connectivity index (χ3n) is 5.46. The van der Waals surface area contributed by atoms with E-state index in [0.29, 0.717) is 16.6 Å². The van der Waals surface area contributed by atoms with Crippen molar-refractivity contribution in [1.29, 1.82) is 0 Å². The number of benzene rings is 2. The van der Waals surface area contributed by atoms with Crippen LogP contribution in [0.25, 0.3) is 16.7 Å². The number of aromatic nitrogens is 1. The standard InChI is InChI=1S/C24H22FN3O2S/c1-13(22(26)29)18-10-9-16(11-20(18)25)19-6-4-3-5-17(19)14(2)23(30)28-24-27-12-21(31-24)15-7-8-15/h3-6,9-12,14-15H,1,7-8H2,2H3,(H2,26,29)(H,27,28,30). The van der Waals surface area contributed by atoms with Gasteiger partial charge in [0.2, 0.25) is 11.8 Å². The molecular weight excluding hydrogens is 413 g/mol. The minimum absolute atomic E-state index is 0.0646. The minimum atomic E-state index is -0.774. The molecular formula is C24H22FN3O2S. The SMILES string of the molecule is C=C(C(N)=O)c1ccc(-c2ccccc2C(C)C(=O)Nc2ncc(C3CC3)s2)cc1F. The molecule has 3 N–H and O–H groups in total. The van der Waals surface area contributed by atoms with Crippen LogP contribution in [0.4, 0.5) is 9.52 Å². The lowest BCUT2D eigenvalue weighted by molar-refractivity contribution is -0.117. The molecule has 1 heterocycles. The zero-order chi connectivity index (χ0) is 22.1. The molecule has 1 saturated carbocycles. The van der Waals surface area contributed by atoms with Gasteiger partial charge in [0.25, 0.3) is 0 Å². The van der Waals surface area contributed by atoms with Crippen molar-refractivity contribution in [1.82, 2.24) is 4.98 Å². The second-order valence-corrected chi connectivity index (χ2v) is 8.74. The summed E-state index contributed by atoms with van der Waals surface area (Å²) < 4.78 is 14.6. The first-order chi connectivity index (χ1) is 14.8. The zero-order valence-corrected chi connectivity index (χ0v) is 17.8. The smallest absolute Gasteiger partial charge is 0.248 e. The molecule has 1 unspecified atom stereocenters. The van der Waals surface area contributed by atoms with E-state index < -0.39 is 17.6 Å². The number of halogens is 1. The Bertz CT molecular complexity index is 1180. The largest absolute Gasteiger partial charge is 0.366 e. The summed E-state index contributed by atoms with van der Waals surface area (Å²) in [6.07, 6.45) is 4.20. The Balaban J connectivity index is 1.58. The molecule has 4 rings (SSSR count). The molecule has 5 nitrogen and oxygen atoms in total. The first-order valence-electron chi connectivity index (χ1n) is 9.99. The van der Waals surface area contributed by atoms with E-state index in [1.807, 2.05) is 37.4 Å². The van der Waals surface area contributed by atoms with Crippen LogP contribution in [0.15, 0.2) is 55.2 Å². The second kappa shape index (κ2) is 8.43. The molecule has 0 spiro atoms. The van der Waals surface area contributed by atoms with Crippen molar-refractivity contribution in [3.8, 4) is 11.1 Å². The average Bonchev–Trinajstić information content (AvgIpc) is 3.51. The fourth-order valence-corrected chi connectivity index (χ4v) is 4.44. The molecule has 3 aromatic rings. The van der Waals surface area contributed by atoms with Crippen LogP contribution in [-0.4, -0.2) is 16.8 Å². The van der Waals surface area contributed by atoms with Gasteiger partial charge in [-0.05, 0) is 48.4 Å². The number of amides is 2. The van der Waals surface area contributed by atoms with Crippen LogP contribution in [0.1, 0.15) is 47.6 Å². The summed E-state index contributed by atoms with van der Waals surface area (Å²) in [5.74, 6) is -1.44. The lowest BCUT2D eigenvalue weighted by atomic mass is 9.90. The molecule has 7 heteroatoms. The Hall–Kier alpha value is -3.32. The minimum Gasteiger partial charge on any atom is -0.366 e. The number of hydrogen-bond donors (Lipinski definition) is 2. The summed E-state index contributed by atoms with van der Waals surface area (Å²) >= 11 is 1.51. The molecule has 1 aliphatic carbocycles. The molecule has 0 aliphatic heterocycles. The maximum Gasteiger partial charge on any atom is 0.248 e. The third-order valence-corrected chi connectivity index (χ3v) is 6.53. The summed E-state index contributed by atoms with van der Waals surface area (Å²) in [6, 6.07) is 11.9. The number of carbonyl (C=O) groups excluding carboxylic acids is 2. The van der Waals surface area contributed by atoms with Gasteiger partial charge in [-0.15, -0.1) is 11.3 Å². The third kappa shape index (κ3) is 4.41. The Kier molecular flexibility index (Phi) is 5.69. The Labute approximate surface area is 183 Å². The number of hydrogen-bond acceptors (Lipinski definition) is 4. The molecule has 0 radical (unpaired) electrons. The Morgan fingerprint density at radius 2 is 2.00 bits per heavy atom. The number of carbonyl (C=O) groups is 2. The normalized spacial score (nSPS) is 14.1. The quantitative estimate of drug-likeness (QED) is 0.508. The number of nitrogens with zero attached hydrogens (tertiary/aromatic N) is 1. The summed E-state index contributed by atoms with van der Waals surface area (Å²) in [4.78, 5) is 29.7. The molecule has 1 aromatic heterocycles. The number of rotatable bonds is 7. The molecule has 0 saturated heterocycles. The number of anilines is 1. The zero-order valence-electron chi connectivity index (χ0n) is 17.0. The second-order valence-electron chi connectivity index (χ2n) is 7.68. The van der Waals surface area contributed by atoms with Crippen LogP contribution in [-0.2, 0) is 9.59 Å². The van der Waals surface area contributed by atoms with Gasteiger partial charge in [-0.25, -0.2) is 9.37 Å². The summed E-state index contributed by atoms with van der Waals surface area (Å²) in [5.41, 5.74) is 7.29. The van der Waals surface area contributed by atoms with Gasteiger partial charge in [-0.2, -0.15) is 0 Å². The highest BCUT2D eigenvalue weighted by Crippen LogP contribution is 2.43. The fraction of sp³-hybridized carbons (Fsp3) is 0.208. The van der Waals surface area contributed by atoms with Gasteiger partial charge in [0, 0.05) is 22.2 Å². The van der Waals surface area contributed by atoms with Gasteiger partial charge in [0.05, 0.1) is 5.92 Å². The van der Waals surface area contributed by atoms with E-state index in [-0.39, 0.29) is 17.0 Å². The Morgan fingerprint density at radius 1 is 1.26 bits per heavy atom. The van der Waals surface area contributed by atoms with Crippen molar-refractivity contribution in [3.05, 3.63) is 77.1 Å². The van der Waals surface area contributed by atoms with Crippen LogP contribution in [0.3, 0.4) is 0 Å². The highest BCUT2D eigenvalue weighted by atomic mass is 32.1. The average molecular weight is 436 g/mol. The molecule has 2 aromatic carbocycles. The van der Waals surface area contributed by atoms with Crippen LogP contribution in [0.2, 0.25) is 0 Å². The van der Waals surface area contributed by atoms with E-state index in [2.05, 4.69) is 16.9 Å². The van der Waals surface area contributed by atoms with Crippen molar-refractivity contribution in [3.63, 3.8) is 0 Å². The molecule has 1 aliphatic rings. The highest BCUT2D eigenvalue weighted by molar-refractivity contribution is 7.15. The van der Waals surface area contributed by atoms with E-state index in [1.54, 1.807) is 6.07 Å². The van der Waals surface area contributed by atoms with E-state index in [0.717, 1.165) is 11.1 Å². The van der Waals surface area contributed by atoms with Crippen LogP contribution >= 0.6 is 11.3 Å². The maximum atomic E-state index is 14.6. The Morgan fingerprint density at radius 3 is 2.68 bits per heavy atom. The lowest BCUT2D eigenvalue weighted by Gasteiger charge is -2.16. The van der Waals surface area contributed by atoms with Crippen molar-refractivity contribution < 1.29 is 14.0 Å². The first-order valence-corrected chi connectivity index (χ1v) is 10.8. The molecule has 2 amide bonds. The summed E-state index contributed by atoms with van der Waals surface area (Å²) in [6.45, 7) is 5.35. The van der Waals surface area contributed by atoms with Crippen LogP contribution < -0.4 is 11.1 Å². The molecule has 1 atom stereocenters. The van der Waals surface area contributed by atoms with Crippen LogP contribution in [0, 0.1) is 5.82 Å². The van der Waals surface area contributed by atoms with Gasteiger partial charge in [0.15, 0.2) is 5.13 Å². The van der Waals surface area contributed by atoms with Gasteiger partial charge in [-0.3, -0.25) is 9.59 Å². The monoisotopic (exact) mass is 435 g/mol. The fourth-order valence-electron chi connectivity index (χ4n) is 3.45. The molecule has 1 fully saturated rings. The van der Waals surface area contributed by atoms with Gasteiger partial charge >= 0.3 is 0 Å². The summed E-state index contributed by atoms with van der Waals surface area (Å²) in [5, 5.41) is 3.50. The van der Waals surface area contributed by atoms with E-state index >= 15 is 0 Å². The van der Waals surface area contributed by atoms with Crippen molar-refractivity contribution in [2.24, 2.45) is 5.73 Å². The predicted octanol–water partition coefficient (Wildman–Crippen LogP) is 5.07. The van der Waals surface area contributed by atoms with E-state index in [1.165, 1.54) is 41.2 Å².